The van der Waals surface area contributed by atoms with Crippen molar-refractivity contribution in [1.82, 2.24) is 4.98 Å². The van der Waals surface area contributed by atoms with Crippen LogP contribution in [0, 0.1) is 12.3 Å². The topological polar surface area (TPSA) is 64.9 Å². The van der Waals surface area contributed by atoms with Crippen molar-refractivity contribution in [3.63, 3.8) is 0 Å². The second kappa shape index (κ2) is 3.24. The van der Waals surface area contributed by atoms with E-state index < -0.39 is 0 Å². The summed E-state index contributed by atoms with van der Waals surface area (Å²) in [5, 5.41) is 0. The van der Waals surface area contributed by atoms with Crippen LogP contribution in [0.15, 0.2) is 12.3 Å². The quantitative estimate of drug-likeness (QED) is 0.595. The van der Waals surface area contributed by atoms with Crippen molar-refractivity contribution >= 4 is 5.82 Å². The molecule has 0 fully saturated rings. The highest BCUT2D eigenvalue weighted by molar-refractivity contribution is 5.45. The molecule has 1 aromatic heterocycles. The van der Waals surface area contributed by atoms with E-state index in [4.69, 9.17) is 17.9 Å². The molecule has 0 bridgehead atoms. The minimum atomic E-state index is -0.110. The van der Waals surface area contributed by atoms with E-state index in [2.05, 4.69) is 10.9 Å². The van der Waals surface area contributed by atoms with Crippen molar-refractivity contribution in [1.29, 1.82) is 0 Å². The van der Waals surface area contributed by atoms with Gasteiger partial charge in [0, 0.05) is 17.8 Å². The van der Waals surface area contributed by atoms with Crippen LogP contribution >= 0.6 is 0 Å². The van der Waals surface area contributed by atoms with Crippen molar-refractivity contribution < 1.29 is 0 Å². The standard InChI is InChI=1S/C9H11N3/c1-3-7-5-12-9(11)4-8(7)6(2)10/h1,4-6H,10H2,2H3,(H2,11,12)/t6-/m0/s1. The third-order valence-electron chi connectivity index (χ3n) is 1.60. The first-order valence-electron chi connectivity index (χ1n) is 3.62. The van der Waals surface area contributed by atoms with E-state index in [1.807, 2.05) is 6.92 Å². The first-order valence-corrected chi connectivity index (χ1v) is 3.62. The Morgan fingerprint density at radius 3 is 2.83 bits per heavy atom. The van der Waals surface area contributed by atoms with Gasteiger partial charge in [0.1, 0.15) is 5.82 Å². The Balaban J connectivity index is 3.24. The van der Waals surface area contributed by atoms with Crippen LogP contribution in [0.2, 0.25) is 0 Å². The molecule has 1 aromatic rings. The van der Waals surface area contributed by atoms with Crippen molar-refractivity contribution in [2.24, 2.45) is 5.73 Å². The molecule has 12 heavy (non-hydrogen) atoms. The molecule has 0 saturated carbocycles. The second-order valence-corrected chi connectivity index (χ2v) is 2.63. The predicted molar refractivity (Wildman–Crippen MR) is 49.2 cm³/mol. The maximum atomic E-state index is 5.68. The predicted octanol–water partition coefficient (Wildman–Crippen LogP) is 0.665. The summed E-state index contributed by atoms with van der Waals surface area (Å²) in [6.07, 6.45) is 6.82. The molecule has 3 heteroatoms. The van der Waals surface area contributed by atoms with Crippen LogP contribution in [0.25, 0.3) is 0 Å². The maximum Gasteiger partial charge on any atom is 0.123 e. The summed E-state index contributed by atoms with van der Waals surface area (Å²) in [4.78, 5) is 3.87. The van der Waals surface area contributed by atoms with Gasteiger partial charge in [0.2, 0.25) is 0 Å². The lowest BCUT2D eigenvalue weighted by atomic mass is 10.1. The summed E-state index contributed by atoms with van der Waals surface area (Å²) in [7, 11) is 0. The number of nitrogens with two attached hydrogens (primary N) is 2. The van der Waals surface area contributed by atoms with E-state index in [1.165, 1.54) is 0 Å². The molecule has 0 saturated heterocycles. The van der Waals surface area contributed by atoms with Crippen molar-refractivity contribution in [3.8, 4) is 12.3 Å². The summed E-state index contributed by atoms with van der Waals surface area (Å²) < 4.78 is 0. The summed E-state index contributed by atoms with van der Waals surface area (Å²) in [6.45, 7) is 1.86. The van der Waals surface area contributed by atoms with Crippen molar-refractivity contribution in [2.75, 3.05) is 5.73 Å². The third kappa shape index (κ3) is 1.55. The fourth-order valence-corrected chi connectivity index (χ4v) is 0.985. The number of nitrogen functional groups attached to an aromatic ring is 1. The minimum Gasteiger partial charge on any atom is -0.384 e. The highest BCUT2D eigenvalue weighted by Gasteiger charge is 2.05. The number of hydrogen-bond acceptors (Lipinski definition) is 3. The molecule has 0 aliphatic rings. The normalized spacial score (nSPS) is 12.1. The Kier molecular flexibility index (Phi) is 2.32. The molecule has 0 unspecified atom stereocenters. The zero-order chi connectivity index (χ0) is 9.14. The molecule has 0 aliphatic heterocycles. The van der Waals surface area contributed by atoms with Crippen molar-refractivity contribution in [3.05, 3.63) is 23.4 Å². The zero-order valence-electron chi connectivity index (χ0n) is 6.91. The minimum absolute atomic E-state index is 0.110. The molecule has 0 radical (unpaired) electrons. The molecular weight excluding hydrogens is 150 g/mol. The number of aromatic nitrogens is 1. The van der Waals surface area contributed by atoms with Gasteiger partial charge in [0.25, 0.3) is 0 Å². The van der Waals surface area contributed by atoms with Crippen LogP contribution in [0.5, 0.6) is 0 Å². The fourth-order valence-electron chi connectivity index (χ4n) is 0.985. The molecular formula is C9H11N3. The van der Waals surface area contributed by atoms with Gasteiger partial charge in [0.05, 0.1) is 0 Å². The van der Waals surface area contributed by atoms with Crippen LogP contribution in [-0.4, -0.2) is 4.98 Å². The number of terminal acetylenes is 1. The van der Waals surface area contributed by atoms with E-state index in [1.54, 1.807) is 12.3 Å². The van der Waals surface area contributed by atoms with Crippen LogP contribution in [0.4, 0.5) is 5.82 Å². The maximum absolute atomic E-state index is 5.68. The molecule has 1 rings (SSSR count). The Labute approximate surface area is 71.8 Å². The van der Waals surface area contributed by atoms with Gasteiger partial charge in [-0.05, 0) is 18.6 Å². The van der Waals surface area contributed by atoms with E-state index in [0.29, 0.717) is 11.4 Å². The van der Waals surface area contributed by atoms with E-state index in [9.17, 15) is 0 Å². The molecule has 0 amide bonds. The Morgan fingerprint density at radius 1 is 1.67 bits per heavy atom. The first kappa shape index (κ1) is 8.57. The summed E-state index contributed by atoms with van der Waals surface area (Å²) in [5.74, 6) is 2.95. The van der Waals surface area contributed by atoms with Gasteiger partial charge in [-0.1, -0.05) is 5.92 Å². The average Bonchev–Trinajstić information content (AvgIpc) is 2.04. The molecule has 1 atom stereocenters. The monoisotopic (exact) mass is 161 g/mol. The third-order valence-corrected chi connectivity index (χ3v) is 1.60. The molecule has 62 valence electrons. The van der Waals surface area contributed by atoms with Gasteiger partial charge in [-0.25, -0.2) is 4.98 Å². The Hall–Kier alpha value is -1.53. The number of pyridine rings is 1. The number of nitrogens with zero attached hydrogens (tertiary/aromatic N) is 1. The highest BCUT2D eigenvalue weighted by Crippen LogP contribution is 2.15. The van der Waals surface area contributed by atoms with E-state index in [0.717, 1.165) is 5.56 Å². The average molecular weight is 161 g/mol. The van der Waals surface area contributed by atoms with Crippen LogP contribution in [0.3, 0.4) is 0 Å². The molecule has 0 aromatic carbocycles. The summed E-state index contributed by atoms with van der Waals surface area (Å²) in [6, 6.07) is 1.60. The molecule has 3 nitrogen and oxygen atoms in total. The van der Waals surface area contributed by atoms with E-state index >= 15 is 0 Å². The second-order valence-electron chi connectivity index (χ2n) is 2.63. The lowest BCUT2D eigenvalue weighted by Crippen LogP contribution is -2.08. The smallest absolute Gasteiger partial charge is 0.123 e. The van der Waals surface area contributed by atoms with Crippen LogP contribution in [-0.2, 0) is 0 Å². The van der Waals surface area contributed by atoms with Gasteiger partial charge in [-0.15, -0.1) is 6.42 Å². The van der Waals surface area contributed by atoms with Crippen molar-refractivity contribution in [2.45, 2.75) is 13.0 Å². The van der Waals surface area contributed by atoms with Gasteiger partial charge in [-0.2, -0.15) is 0 Å². The SMILES string of the molecule is C#Cc1cnc(N)cc1[C@H](C)N. The van der Waals surface area contributed by atoms with Gasteiger partial charge >= 0.3 is 0 Å². The Bertz CT molecular complexity index is 323. The highest BCUT2D eigenvalue weighted by atomic mass is 14.8. The summed E-state index contributed by atoms with van der Waals surface area (Å²) in [5.41, 5.74) is 12.7. The molecule has 1 heterocycles. The Morgan fingerprint density at radius 2 is 2.33 bits per heavy atom. The number of hydrogen-bond donors (Lipinski definition) is 2. The van der Waals surface area contributed by atoms with Crippen LogP contribution < -0.4 is 11.5 Å². The van der Waals surface area contributed by atoms with Gasteiger partial charge in [-0.3, -0.25) is 0 Å². The first-order chi connectivity index (χ1) is 5.65. The lowest BCUT2D eigenvalue weighted by molar-refractivity contribution is 0.813. The number of anilines is 1. The van der Waals surface area contributed by atoms with E-state index in [-0.39, 0.29) is 6.04 Å². The van der Waals surface area contributed by atoms with Gasteiger partial charge in [0.15, 0.2) is 0 Å². The zero-order valence-corrected chi connectivity index (χ0v) is 6.91. The molecule has 0 spiro atoms. The largest absolute Gasteiger partial charge is 0.384 e. The fraction of sp³-hybridized carbons (Fsp3) is 0.222. The van der Waals surface area contributed by atoms with Crippen LogP contribution in [0.1, 0.15) is 24.1 Å². The number of rotatable bonds is 1. The molecule has 4 N–H and O–H groups in total. The lowest BCUT2D eigenvalue weighted by Gasteiger charge is -2.08. The van der Waals surface area contributed by atoms with Gasteiger partial charge < -0.3 is 11.5 Å². The molecule has 0 aliphatic carbocycles. The summed E-state index contributed by atoms with van der Waals surface area (Å²) >= 11 is 0.